The van der Waals surface area contributed by atoms with Gasteiger partial charge in [-0.2, -0.15) is 0 Å². The fraction of sp³-hybridized carbons (Fsp3) is 0.400. The molecule has 8 heteroatoms. The van der Waals surface area contributed by atoms with E-state index >= 15 is 0 Å². The van der Waals surface area contributed by atoms with Gasteiger partial charge in [0.15, 0.2) is 11.0 Å². The molecule has 0 saturated carbocycles. The first-order chi connectivity index (χ1) is 13.6. The summed E-state index contributed by atoms with van der Waals surface area (Å²) in [7, 11) is 0. The van der Waals surface area contributed by atoms with Crippen LogP contribution in [0.4, 0.5) is 11.4 Å². The minimum atomic E-state index is -0.346. The van der Waals surface area contributed by atoms with Gasteiger partial charge in [0.1, 0.15) is 6.10 Å². The molecule has 1 N–H and O–H groups in total. The molecular weight excluding hydrogens is 382 g/mol. The standard InChI is InChI=1S/C20H22ClN3O4/c21-18-8-7-16(28-18)19(25)22-14-3-5-15(6-4-14)23-9-11-24(12-10-23)20(26)17-2-1-13-27-17/h3-8,17H,1-2,9-13H2,(H,22,25)/t17-/m0/s1. The van der Waals surface area contributed by atoms with E-state index < -0.39 is 0 Å². The van der Waals surface area contributed by atoms with Crippen molar-refractivity contribution in [1.29, 1.82) is 0 Å². The fourth-order valence-electron chi connectivity index (χ4n) is 3.55. The molecular formula is C20H22ClN3O4. The summed E-state index contributed by atoms with van der Waals surface area (Å²) in [6.45, 7) is 3.61. The number of amides is 2. The molecule has 0 spiro atoms. The van der Waals surface area contributed by atoms with Crippen molar-refractivity contribution in [2.24, 2.45) is 0 Å². The molecule has 1 atom stereocenters. The van der Waals surface area contributed by atoms with Gasteiger partial charge >= 0.3 is 0 Å². The van der Waals surface area contributed by atoms with Gasteiger partial charge in [-0.25, -0.2) is 0 Å². The van der Waals surface area contributed by atoms with Crippen molar-refractivity contribution >= 4 is 34.8 Å². The summed E-state index contributed by atoms with van der Waals surface area (Å²) in [6, 6.07) is 10.7. The van der Waals surface area contributed by atoms with Gasteiger partial charge in [0.2, 0.25) is 0 Å². The fourth-order valence-corrected chi connectivity index (χ4v) is 3.69. The first kappa shape index (κ1) is 18.8. The van der Waals surface area contributed by atoms with Gasteiger partial charge in [0.25, 0.3) is 11.8 Å². The first-order valence-electron chi connectivity index (χ1n) is 9.42. The molecule has 0 radical (unpaired) electrons. The Morgan fingerprint density at radius 3 is 2.39 bits per heavy atom. The number of furan rings is 1. The van der Waals surface area contributed by atoms with Gasteiger partial charge in [0, 0.05) is 44.2 Å². The van der Waals surface area contributed by atoms with Crippen LogP contribution in [0.15, 0.2) is 40.8 Å². The van der Waals surface area contributed by atoms with Crippen molar-refractivity contribution in [3.05, 3.63) is 47.4 Å². The van der Waals surface area contributed by atoms with Crippen LogP contribution < -0.4 is 10.2 Å². The Morgan fingerprint density at radius 2 is 1.79 bits per heavy atom. The van der Waals surface area contributed by atoms with Gasteiger partial charge in [-0.15, -0.1) is 0 Å². The molecule has 2 amide bonds. The highest BCUT2D eigenvalue weighted by Crippen LogP contribution is 2.22. The number of rotatable bonds is 4. The summed E-state index contributed by atoms with van der Waals surface area (Å²) in [5.74, 6) is -0.0599. The molecule has 0 bridgehead atoms. The van der Waals surface area contributed by atoms with Crippen LogP contribution in [-0.4, -0.2) is 55.6 Å². The van der Waals surface area contributed by atoms with E-state index in [1.165, 1.54) is 12.1 Å². The molecule has 2 fully saturated rings. The maximum absolute atomic E-state index is 12.4. The van der Waals surface area contributed by atoms with Crippen molar-refractivity contribution < 1.29 is 18.7 Å². The molecule has 3 heterocycles. The van der Waals surface area contributed by atoms with Crippen LogP contribution >= 0.6 is 11.6 Å². The number of carbonyl (C=O) groups excluding carboxylic acids is 2. The quantitative estimate of drug-likeness (QED) is 0.849. The SMILES string of the molecule is O=C(Nc1ccc(N2CCN(C(=O)[C@@H]3CCCO3)CC2)cc1)c1ccc(Cl)o1. The smallest absolute Gasteiger partial charge is 0.291 e. The molecule has 148 valence electrons. The molecule has 2 saturated heterocycles. The Hall–Kier alpha value is -2.51. The number of piperazine rings is 1. The van der Waals surface area contributed by atoms with E-state index in [0.717, 1.165) is 31.6 Å². The number of hydrogen-bond donors (Lipinski definition) is 1. The topological polar surface area (TPSA) is 75.0 Å². The minimum Gasteiger partial charge on any atom is -0.440 e. The molecule has 28 heavy (non-hydrogen) atoms. The highest BCUT2D eigenvalue weighted by atomic mass is 35.5. The van der Waals surface area contributed by atoms with Crippen LogP contribution in [-0.2, 0) is 9.53 Å². The van der Waals surface area contributed by atoms with E-state index in [-0.39, 0.29) is 28.9 Å². The van der Waals surface area contributed by atoms with Crippen molar-refractivity contribution in [2.75, 3.05) is 43.0 Å². The molecule has 2 aliphatic heterocycles. The molecule has 7 nitrogen and oxygen atoms in total. The largest absolute Gasteiger partial charge is 0.440 e. The first-order valence-corrected chi connectivity index (χ1v) is 9.80. The minimum absolute atomic E-state index is 0.119. The lowest BCUT2D eigenvalue weighted by Gasteiger charge is -2.37. The average molecular weight is 404 g/mol. The van der Waals surface area contributed by atoms with Crippen LogP contribution in [0.3, 0.4) is 0 Å². The molecule has 4 rings (SSSR count). The third-order valence-corrected chi connectivity index (χ3v) is 5.29. The third kappa shape index (κ3) is 4.15. The number of nitrogens with zero attached hydrogens (tertiary/aromatic N) is 2. The Morgan fingerprint density at radius 1 is 1.04 bits per heavy atom. The van der Waals surface area contributed by atoms with Crippen LogP contribution in [0.2, 0.25) is 5.22 Å². The van der Waals surface area contributed by atoms with E-state index in [0.29, 0.717) is 25.4 Å². The van der Waals surface area contributed by atoms with Crippen LogP contribution in [0.5, 0.6) is 0 Å². The highest BCUT2D eigenvalue weighted by molar-refractivity contribution is 6.29. The molecule has 0 unspecified atom stereocenters. The van der Waals surface area contributed by atoms with Crippen LogP contribution in [0.25, 0.3) is 0 Å². The van der Waals surface area contributed by atoms with Gasteiger partial charge in [-0.1, -0.05) is 0 Å². The normalized spacial score (nSPS) is 19.7. The average Bonchev–Trinajstić information content (AvgIpc) is 3.40. The van der Waals surface area contributed by atoms with E-state index in [9.17, 15) is 9.59 Å². The molecule has 1 aromatic heterocycles. The number of halogens is 1. The second kappa shape index (κ2) is 8.24. The monoisotopic (exact) mass is 403 g/mol. The van der Waals surface area contributed by atoms with Crippen molar-refractivity contribution in [1.82, 2.24) is 4.90 Å². The van der Waals surface area contributed by atoms with Gasteiger partial charge < -0.3 is 24.3 Å². The molecule has 2 aliphatic rings. The molecule has 2 aromatic rings. The Bertz CT molecular complexity index is 837. The number of anilines is 2. The van der Waals surface area contributed by atoms with Gasteiger partial charge in [-0.05, 0) is 60.8 Å². The second-order valence-electron chi connectivity index (χ2n) is 6.92. The van der Waals surface area contributed by atoms with E-state index in [2.05, 4.69) is 10.2 Å². The van der Waals surface area contributed by atoms with E-state index in [4.69, 9.17) is 20.8 Å². The zero-order valence-electron chi connectivity index (χ0n) is 15.4. The van der Waals surface area contributed by atoms with E-state index in [1.54, 1.807) is 0 Å². The van der Waals surface area contributed by atoms with E-state index in [1.807, 2.05) is 29.2 Å². The Balaban J connectivity index is 1.31. The number of carbonyl (C=O) groups is 2. The van der Waals surface area contributed by atoms with Crippen molar-refractivity contribution in [3.63, 3.8) is 0 Å². The summed E-state index contributed by atoms with van der Waals surface area (Å²) < 4.78 is 10.6. The third-order valence-electron chi connectivity index (χ3n) is 5.08. The zero-order valence-corrected chi connectivity index (χ0v) is 16.2. The van der Waals surface area contributed by atoms with Crippen LogP contribution in [0.1, 0.15) is 23.4 Å². The molecule has 1 aromatic carbocycles. The zero-order chi connectivity index (χ0) is 19.5. The number of ether oxygens (including phenoxy) is 1. The maximum atomic E-state index is 12.4. The summed E-state index contributed by atoms with van der Waals surface area (Å²) in [5.41, 5.74) is 1.73. The lowest BCUT2D eigenvalue weighted by molar-refractivity contribution is -0.141. The predicted molar refractivity (Wildman–Crippen MR) is 106 cm³/mol. The lowest BCUT2D eigenvalue weighted by Crippen LogP contribution is -2.51. The number of hydrogen-bond acceptors (Lipinski definition) is 5. The number of nitrogens with one attached hydrogen (secondary N) is 1. The molecule has 0 aliphatic carbocycles. The van der Waals surface area contributed by atoms with Crippen molar-refractivity contribution in [3.8, 4) is 0 Å². The maximum Gasteiger partial charge on any atom is 0.291 e. The van der Waals surface area contributed by atoms with Crippen molar-refractivity contribution in [2.45, 2.75) is 18.9 Å². The summed E-state index contributed by atoms with van der Waals surface area (Å²) in [4.78, 5) is 28.7. The van der Waals surface area contributed by atoms with Crippen LogP contribution in [0, 0.1) is 0 Å². The van der Waals surface area contributed by atoms with Gasteiger partial charge in [-0.3, -0.25) is 9.59 Å². The number of benzene rings is 1. The predicted octanol–water partition coefficient (Wildman–Crippen LogP) is 3.01. The van der Waals surface area contributed by atoms with Gasteiger partial charge in [0.05, 0.1) is 0 Å². The summed E-state index contributed by atoms with van der Waals surface area (Å²) >= 11 is 5.70. The summed E-state index contributed by atoms with van der Waals surface area (Å²) in [5, 5.41) is 2.96. The highest BCUT2D eigenvalue weighted by Gasteiger charge is 2.30. The second-order valence-corrected chi connectivity index (χ2v) is 7.29. The lowest BCUT2D eigenvalue weighted by atomic mass is 10.2. The Labute approximate surface area is 168 Å². The summed E-state index contributed by atoms with van der Waals surface area (Å²) in [6.07, 6.45) is 1.54. The Kier molecular flexibility index (Phi) is 5.54.